The SMILES string of the molecule is Cc1c(CN2CCN(c3ccccc3)C2=O)ncn1C(c1ccccc1)(c1ccccc1)c1ccccc1. The molecular formula is C33H30N4O. The summed E-state index contributed by atoms with van der Waals surface area (Å²) in [6.07, 6.45) is 1.94. The van der Waals surface area contributed by atoms with Gasteiger partial charge < -0.3 is 9.47 Å². The molecule has 0 saturated carbocycles. The Morgan fingerprint density at radius 3 is 1.66 bits per heavy atom. The first-order valence-electron chi connectivity index (χ1n) is 13.0. The van der Waals surface area contributed by atoms with Gasteiger partial charge in [-0.25, -0.2) is 9.78 Å². The lowest BCUT2D eigenvalue weighted by molar-refractivity contribution is 0.218. The number of carbonyl (C=O) groups excluding carboxylic acids is 1. The molecule has 1 fully saturated rings. The molecule has 0 spiro atoms. The van der Waals surface area contributed by atoms with Crippen molar-refractivity contribution in [2.24, 2.45) is 0 Å². The van der Waals surface area contributed by atoms with Crippen LogP contribution in [0.3, 0.4) is 0 Å². The monoisotopic (exact) mass is 498 g/mol. The molecule has 0 N–H and O–H groups in total. The van der Waals surface area contributed by atoms with Gasteiger partial charge in [0.05, 0.1) is 18.6 Å². The van der Waals surface area contributed by atoms with Gasteiger partial charge in [0.2, 0.25) is 0 Å². The first-order valence-corrected chi connectivity index (χ1v) is 13.0. The van der Waals surface area contributed by atoms with Gasteiger partial charge >= 0.3 is 6.03 Å². The van der Waals surface area contributed by atoms with Gasteiger partial charge in [-0.05, 0) is 35.7 Å². The molecule has 1 saturated heterocycles. The lowest BCUT2D eigenvalue weighted by Gasteiger charge is -2.38. The molecule has 6 rings (SSSR count). The first-order chi connectivity index (χ1) is 18.7. The molecule has 2 amide bonds. The average Bonchev–Trinajstić information content (AvgIpc) is 3.54. The van der Waals surface area contributed by atoms with Crippen LogP contribution >= 0.6 is 0 Å². The maximum Gasteiger partial charge on any atom is 0.324 e. The number of hydrogen-bond acceptors (Lipinski definition) is 2. The summed E-state index contributed by atoms with van der Waals surface area (Å²) in [4.78, 5) is 21.9. The van der Waals surface area contributed by atoms with E-state index in [1.54, 1.807) is 0 Å². The largest absolute Gasteiger partial charge is 0.324 e. The van der Waals surface area contributed by atoms with Gasteiger partial charge in [-0.1, -0.05) is 109 Å². The Kier molecular flexibility index (Phi) is 6.26. The highest BCUT2D eigenvalue weighted by Gasteiger charge is 2.40. The number of aromatic nitrogens is 2. The minimum absolute atomic E-state index is 0.0191. The van der Waals surface area contributed by atoms with Crippen LogP contribution in [-0.2, 0) is 12.1 Å². The maximum absolute atomic E-state index is 13.3. The molecular weight excluding hydrogens is 468 g/mol. The van der Waals surface area contributed by atoms with E-state index in [0.29, 0.717) is 19.6 Å². The molecule has 0 bridgehead atoms. The summed E-state index contributed by atoms with van der Waals surface area (Å²) in [6.45, 7) is 3.92. The zero-order valence-corrected chi connectivity index (χ0v) is 21.4. The van der Waals surface area contributed by atoms with E-state index in [1.165, 1.54) is 0 Å². The van der Waals surface area contributed by atoms with Crippen molar-refractivity contribution < 1.29 is 4.79 Å². The third-order valence-electron chi connectivity index (χ3n) is 7.55. The molecule has 5 nitrogen and oxygen atoms in total. The fraction of sp³-hybridized carbons (Fsp3) is 0.152. The molecule has 188 valence electrons. The zero-order valence-electron chi connectivity index (χ0n) is 21.4. The van der Waals surface area contributed by atoms with Crippen molar-refractivity contribution >= 4 is 11.7 Å². The molecule has 38 heavy (non-hydrogen) atoms. The highest BCUT2D eigenvalue weighted by Crippen LogP contribution is 2.42. The molecule has 1 aromatic heterocycles. The second-order valence-electron chi connectivity index (χ2n) is 9.65. The number of amides is 2. The lowest BCUT2D eigenvalue weighted by atomic mass is 9.76. The van der Waals surface area contributed by atoms with Gasteiger partial charge in [0, 0.05) is 24.5 Å². The Hall–Kier alpha value is -4.64. The third-order valence-corrected chi connectivity index (χ3v) is 7.55. The number of nitrogens with zero attached hydrogens (tertiary/aromatic N) is 4. The topological polar surface area (TPSA) is 41.4 Å². The van der Waals surface area contributed by atoms with Crippen LogP contribution in [0.15, 0.2) is 128 Å². The van der Waals surface area contributed by atoms with E-state index >= 15 is 0 Å². The van der Waals surface area contributed by atoms with E-state index in [1.807, 2.05) is 64.7 Å². The van der Waals surface area contributed by atoms with Crippen molar-refractivity contribution in [2.75, 3.05) is 18.0 Å². The van der Waals surface area contributed by atoms with E-state index in [-0.39, 0.29) is 6.03 Å². The van der Waals surface area contributed by atoms with Crippen LogP contribution in [0, 0.1) is 6.92 Å². The van der Waals surface area contributed by atoms with Crippen LogP contribution < -0.4 is 4.90 Å². The number of carbonyl (C=O) groups is 1. The molecule has 5 heteroatoms. The Labute approximate surface area is 223 Å². The highest BCUT2D eigenvalue weighted by atomic mass is 16.2. The minimum Gasteiger partial charge on any atom is -0.317 e. The molecule has 0 unspecified atom stereocenters. The number of para-hydroxylation sites is 1. The van der Waals surface area contributed by atoms with E-state index in [4.69, 9.17) is 4.98 Å². The zero-order chi connectivity index (χ0) is 26.0. The van der Waals surface area contributed by atoms with E-state index in [9.17, 15) is 4.79 Å². The van der Waals surface area contributed by atoms with Crippen molar-refractivity contribution in [2.45, 2.75) is 19.0 Å². The summed E-state index contributed by atoms with van der Waals surface area (Å²) in [7, 11) is 0. The van der Waals surface area contributed by atoms with E-state index < -0.39 is 5.54 Å². The molecule has 2 heterocycles. The molecule has 1 aliphatic heterocycles. The summed E-state index contributed by atoms with van der Waals surface area (Å²) < 4.78 is 2.28. The minimum atomic E-state index is -0.621. The molecule has 5 aromatic rings. The van der Waals surface area contributed by atoms with Crippen LogP contribution in [0.4, 0.5) is 10.5 Å². The number of urea groups is 1. The van der Waals surface area contributed by atoms with Crippen LogP contribution in [0.25, 0.3) is 0 Å². The van der Waals surface area contributed by atoms with Crippen LogP contribution in [-0.4, -0.2) is 33.6 Å². The highest BCUT2D eigenvalue weighted by molar-refractivity contribution is 5.94. The van der Waals surface area contributed by atoms with Gasteiger partial charge in [0.15, 0.2) is 0 Å². The van der Waals surface area contributed by atoms with Gasteiger partial charge in [-0.2, -0.15) is 0 Å². The van der Waals surface area contributed by atoms with Crippen LogP contribution in [0.5, 0.6) is 0 Å². The van der Waals surface area contributed by atoms with Gasteiger partial charge in [-0.15, -0.1) is 0 Å². The van der Waals surface area contributed by atoms with Crippen molar-refractivity contribution in [3.05, 3.63) is 156 Å². The second-order valence-corrected chi connectivity index (χ2v) is 9.65. The summed E-state index contributed by atoms with van der Waals surface area (Å²) in [6, 6.07) is 41.6. The second kappa shape index (κ2) is 10.0. The van der Waals surface area contributed by atoms with Crippen molar-refractivity contribution in [3.63, 3.8) is 0 Å². The fourth-order valence-corrected chi connectivity index (χ4v) is 5.65. The number of imidazole rings is 1. The average molecular weight is 499 g/mol. The summed E-state index contributed by atoms with van der Waals surface area (Å²) in [5.41, 5.74) is 5.70. The van der Waals surface area contributed by atoms with Crippen LogP contribution in [0.1, 0.15) is 28.1 Å². The summed E-state index contributed by atoms with van der Waals surface area (Å²) in [5.74, 6) is 0. The smallest absolute Gasteiger partial charge is 0.317 e. The Morgan fingerprint density at radius 2 is 1.16 bits per heavy atom. The van der Waals surface area contributed by atoms with Crippen molar-refractivity contribution in [1.82, 2.24) is 14.5 Å². The van der Waals surface area contributed by atoms with E-state index in [0.717, 1.165) is 33.8 Å². The van der Waals surface area contributed by atoms with Crippen molar-refractivity contribution in [3.8, 4) is 0 Å². The lowest BCUT2D eigenvalue weighted by Crippen LogP contribution is -2.38. The Balaban J connectivity index is 1.44. The normalized spacial score (nSPS) is 13.8. The molecule has 4 aromatic carbocycles. The molecule has 0 aliphatic carbocycles. The first kappa shape index (κ1) is 23.7. The predicted molar refractivity (Wildman–Crippen MR) is 151 cm³/mol. The van der Waals surface area contributed by atoms with Crippen molar-refractivity contribution in [1.29, 1.82) is 0 Å². The maximum atomic E-state index is 13.3. The third kappa shape index (κ3) is 3.97. The molecule has 0 atom stereocenters. The van der Waals surface area contributed by atoms with E-state index in [2.05, 4.69) is 84.3 Å². The standard InChI is InChI=1S/C33H30N4O/c1-26-31(24-35-22-23-36(32(35)38)30-20-12-5-13-21-30)34-25-37(26)33(27-14-6-2-7-15-27,28-16-8-3-9-17-28)29-18-10-4-11-19-29/h2-21,25H,22-24H2,1H3. The fourth-order valence-electron chi connectivity index (χ4n) is 5.65. The molecule has 0 radical (unpaired) electrons. The predicted octanol–water partition coefficient (Wildman–Crippen LogP) is 6.47. The summed E-state index contributed by atoms with van der Waals surface area (Å²) in [5, 5.41) is 0. The van der Waals surface area contributed by atoms with Gasteiger partial charge in [-0.3, -0.25) is 4.90 Å². The Morgan fingerprint density at radius 1 is 0.684 bits per heavy atom. The number of hydrogen-bond donors (Lipinski definition) is 0. The van der Waals surface area contributed by atoms with Crippen LogP contribution in [0.2, 0.25) is 0 Å². The number of benzene rings is 4. The quantitative estimate of drug-likeness (QED) is 0.241. The Bertz CT molecular complexity index is 1420. The van der Waals surface area contributed by atoms with Gasteiger partial charge in [0.25, 0.3) is 0 Å². The number of anilines is 1. The molecule has 1 aliphatic rings. The van der Waals surface area contributed by atoms with Gasteiger partial charge in [0.1, 0.15) is 5.54 Å². The number of rotatable bonds is 7. The summed E-state index contributed by atoms with van der Waals surface area (Å²) >= 11 is 0.